The minimum absolute atomic E-state index is 0.134. The summed E-state index contributed by atoms with van der Waals surface area (Å²) >= 11 is 0. The second kappa shape index (κ2) is 3.07. The molecule has 0 aromatic rings. The van der Waals surface area contributed by atoms with Gasteiger partial charge in [0.25, 0.3) is 0 Å². The molecule has 0 aliphatic carbocycles. The minimum Gasteiger partial charge on any atom is -0.358 e. The lowest BCUT2D eigenvalue weighted by atomic mass is 10.0. The number of allylic oxidation sites excluding steroid dienone is 3. The molecule has 0 saturated heterocycles. The van der Waals surface area contributed by atoms with Crippen molar-refractivity contribution in [1.82, 2.24) is 0 Å². The summed E-state index contributed by atoms with van der Waals surface area (Å²) in [6.45, 7) is 0. The summed E-state index contributed by atoms with van der Waals surface area (Å²) in [4.78, 5) is 4.42. The van der Waals surface area contributed by atoms with E-state index in [0.29, 0.717) is 0 Å². The van der Waals surface area contributed by atoms with Gasteiger partial charge in [-0.3, -0.25) is 4.99 Å². The van der Waals surface area contributed by atoms with Gasteiger partial charge in [-0.2, -0.15) is 0 Å². The van der Waals surface area contributed by atoms with Gasteiger partial charge >= 0.3 is 0 Å². The van der Waals surface area contributed by atoms with Gasteiger partial charge in [-0.05, 0) is 12.2 Å². The van der Waals surface area contributed by atoms with Gasteiger partial charge in [0, 0.05) is 18.2 Å². The fourth-order valence-corrected chi connectivity index (χ4v) is 1.91. The standard InChI is InChI=1S/C12H11NO/c1-2-4-11(13-7-3-1)10-8-9-5-6-12(10)14-9/h1-2,4-9,12H,3H2. The Morgan fingerprint density at radius 2 is 2.36 bits per heavy atom. The van der Waals surface area contributed by atoms with Gasteiger partial charge in [0.2, 0.25) is 0 Å². The van der Waals surface area contributed by atoms with Crippen LogP contribution in [0.2, 0.25) is 0 Å². The highest BCUT2D eigenvalue weighted by molar-refractivity contribution is 5.64. The van der Waals surface area contributed by atoms with E-state index >= 15 is 0 Å². The third-order valence-corrected chi connectivity index (χ3v) is 2.59. The molecule has 0 aromatic carbocycles. The first-order valence-electron chi connectivity index (χ1n) is 4.89. The number of hydrogen-bond acceptors (Lipinski definition) is 2. The van der Waals surface area contributed by atoms with Crippen molar-refractivity contribution in [3.63, 3.8) is 0 Å². The zero-order valence-corrected chi connectivity index (χ0v) is 7.76. The predicted molar refractivity (Wildman–Crippen MR) is 56.2 cm³/mol. The van der Waals surface area contributed by atoms with Crippen LogP contribution in [0.3, 0.4) is 0 Å². The van der Waals surface area contributed by atoms with Gasteiger partial charge < -0.3 is 4.74 Å². The first kappa shape index (κ1) is 7.94. The normalized spacial score (nSPS) is 33.1. The molecule has 3 aliphatic rings. The Labute approximate surface area is 83.0 Å². The second-order valence-corrected chi connectivity index (χ2v) is 3.56. The van der Waals surface area contributed by atoms with E-state index in [2.05, 4.69) is 35.4 Å². The van der Waals surface area contributed by atoms with Crippen LogP contribution in [0, 0.1) is 0 Å². The Balaban J connectivity index is 1.93. The third-order valence-electron chi connectivity index (χ3n) is 2.59. The zero-order valence-electron chi connectivity index (χ0n) is 7.76. The maximum atomic E-state index is 5.64. The fraction of sp³-hybridized carbons (Fsp3) is 0.250. The number of fused-ring (bicyclic) bond motifs is 2. The van der Waals surface area contributed by atoms with Gasteiger partial charge in [0.05, 0.1) is 11.8 Å². The van der Waals surface area contributed by atoms with E-state index in [1.54, 1.807) is 0 Å². The number of nitrogens with zero attached hydrogens (tertiary/aromatic N) is 1. The maximum Gasteiger partial charge on any atom is 0.104 e. The maximum absolute atomic E-state index is 5.64. The smallest absolute Gasteiger partial charge is 0.104 e. The first-order valence-corrected chi connectivity index (χ1v) is 4.89. The lowest BCUT2D eigenvalue weighted by Gasteiger charge is -2.07. The van der Waals surface area contributed by atoms with Crippen molar-refractivity contribution in [3.8, 4) is 0 Å². The largest absolute Gasteiger partial charge is 0.358 e. The molecule has 14 heavy (non-hydrogen) atoms. The van der Waals surface area contributed by atoms with Crippen molar-refractivity contribution < 1.29 is 4.74 Å². The van der Waals surface area contributed by atoms with Crippen LogP contribution in [0.25, 0.3) is 0 Å². The summed E-state index contributed by atoms with van der Waals surface area (Å²) in [5.74, 6) is 0. The van der Waals surface area contributed by atoms with Crippen LogP contribution in [-0.2, 0) is 4.74 Å². The molecule has 2 nitrogen and oxygen atoms in total. The number of ether oxygens (including phenoxy) is 1. The Hall–Kier alpha value is -1.41. The lowest BCUT2D eigenvalue weighted by Crippen LogP contribution is -2.04. The lowest BCUT2D eigenvalue weighted by molar-refractivity contribution is 0.132. The summed E-state index contributed by atoms with van der Waals surface area (Å²) in [6, 6.07) is 0. The van der Waals surface area contributed by atoms with Gasteiger partial charge in [0.1, 0.15) is 6.10 Å². The van der Waals surface area contributed by atoms with E-state index in [9.17, 15) is 0 Å². The topological polar surface area (TPSA) is 21.6 Å². The molecule has 0 N–H and O–H groups in total. The van der Waals surface area contributed by atoms with Crippen LogP contribution >= 0.6 is 0 Å². The molecule has 0 aromatic heterocycles. The molecule has 0 amide bonds. The Kier molecular flexibility index (Phi) is 1.74. The van der Waals surface area contributed by atoms with Gasteiger partial charge in [-0.15, -0.1) is 0 Å². The SMILES string of the molecule is C1=CCC=NC(C2=CC3C=CC2O3)=C1. The third kappa shape index (κ3) is 1.19. The van der Waals surface area contributed by atoms with Gasteiger partial charge in [0.15, 0.2) is 0 Å². The van der Waals surface area contributed by atoms with Crippen LogP contribution < -0.4 is 0 Å². The zero-order chi connectivity index (χ0) is 9.38. The number of aliphatic imine (C=N–C) groups is 1. The molecule has 0 saturated carbocycles. The molecule has 3 heterocycles. The Bertz CT molecular complexity index is 399. The van der Waals surface area contributed by atoms with Crippen molar-refractivity contribution in [2.24, 2.45) is 4.99 Å². The van der Waals surface area contributed by atoms with E-state index in [0.717, 1.165) is 12.1 Å². The summed E-state index contributed by atoms with van der Waals surface area (Å²) < 4.78 is 5.64. The first-order chi connectivity index (χ1) is 6.93. The molecule has 3 rings (SSSR count). The van der Waals surface area contributed by atoms with Gasteiger partial charge in [-0.25, -0.2) is 0 Å². The van der Waals surface area contributed by atoms with Crippen LogP contribution in [0.4, 0.5) is 0 Å². The van der Waals surface area contributed by atoms with E-state index in [4.69, 9.17) is 4.74 Å². The van der Waals surface area contributed by atoms with Crippen molar-refractivity contribution >= 4 is 6.21 Å². The van der Waals surface area contributed by atoms with Crippen molar-refractivity contribution in [2.75, 3.05) is 0 Å². The van der Waals surface area contributed by atoms with Gasteiger partial charge in [-0.1, -0.05) is 24.3 Å². The van der Waals surface area contributed by atoms with Crippen molar-refractivity contribution in [3.05, 3.63) is 47.7 Å². The van der Waals surface area contributed by atoms with Crippen LogP contribution in [0.5, 0.6) is 0 Å². The molecule has 0 spiro atoms. The molecule has 2 unspecified atom stereocenters. The van der Waals surface area contributed by atoms with E-state index < -0.39 is 0 Å². The Morgan fingerprint density at radius 1 is 1.36 bits per heavy atom. The van der Waals surface area contributed by atoms with Crippen molar-refractivity contribution in [1.29, 1.82) is 0 Å². The fourth-order valence-electron chi connectivity index (χ4n) is 1.91. The number of rotatable bonds is 1. The highest BCUT2D eigenvalue weighted by Crippen LogP contribution is 2.33. The summed E-state index contributed by atoms with van der Waals surface area (Å²) in [7, 11) is 0. The highest BCUT2D eigenvalue weighted by Gasteiger charge is 2.30. The van der Waals surface area contributed by atoms with Crippen LogP contribution in [0.15, 0.2) is 52.7 Å². The minimum atomic E-state index is 0.134. The average Bonchev–Trinajstić information content (AvgIpc) is 2.72. The average molecular weight is 185 g/mol. The molecular formula is C12H11NO. The summed E-state index contributed by atoms with van der Waals surface area (Å²) in [6.07, 6.45) is 15.7. The summed E-state index contributed by atoms with van der Waals surface area (Å²) in [5.41, 5.74) is 2.25. The quantitative estimate of drug-likeness (QED) is 0.574. The summed E-state index contributed by atoms with van der Waals surface area (Å²) in [5, 5.41) is 0. The molecule has 2 atom stereocenters. The monoisotopic (exact) mass is 185 g/mol. The van der Waals surface area contributed by atoms with E-state index in [-0.39, 0.29) is 12.2 Å². The van der Waals surface area contributed by atoms with Crippen LogP contribution in [0.1, 0.15) is 6.42 Å². The number of hydrogen-bond donors (Lipinski definition) is 0. The van der Waals surface area contributed by atoms with E-state index in [1.165, 1.54) is 5.57 Å². The molecule has 0 radical (unpaired) electrons. The highest BCUT2D eigenvalue weighted by atomic mass is 16.5. The van der Waals surface area contributed by atoms with Crippen LogP contribution in [-0.4, -0.2) is 18.4 Å². The molecular weight excluding hydrogens is 174 g/mol. The molecule has 2 bridgehead atoms. The molecule has 3 aliphatic heterocycles. The van der Waals surface area contributed by atoms with E-state index in [1.807, 2.05) is 12.3 Å². The molecule has 2 heteroatoms. The molecule has 70 valence electrons. The van der Waals surface area contributed by atoms with Crippen molar-refractivity contribution in [2.45, 2.75) is 18.6 Å². The Morgan fingerprint density at radius 3 is 3.14 bits per heavy atom. The second-order valence-electron chi connectivity index (χ2n) is 3.56. The molecule has 0 fully saturated rings. The predicted octanol–water partition coefficient (Wildman–Crippen LogP) is 2.16.